The van der Waals surface area contributed by atoms with Crippen molar-refractivity contribution in [1.29, 1.82) is 0 Å². The van der Waals surface area contributed by atoms with Gasteiger partial charge in [0.05, 0.1) is 16.4 Å². The van der Waals surface area contributed by atoms with Gasteiger partial charge in [0.2, 0.25) is 0 Å². The zero-order valence-corrected chi connectivity index (χ0v) is 20.1. The summed E-state index contributed by atoms with van der Waals surface area (Å²) in [5.41, 5.74) is 0.963. The van der Waals surface area contributed by atoms with Gasteiger partial charge in [0.1, 0.15) is 0 Å². The zero-order valence-electron chi connectivity index (χ0n) is 17.7. The van der Waals surface area contributed by atoms with Crippen LogP contribution in [0.3, 0.4) is 0 Å². The van der Waals surface area contributed by atoms with Gasteiger partial charge in [0.15, 0.2) is 0 Å². The lowest BCUT2D eigenvalue weighted by molar-refractivity contribution is -0.387. The van der Waals surface area contributed by atoms with Crippen molar-refractivity contribution in [3.8, 4) is 0 Å². The molecule has 5 nitrogen and oxygen atoms in total. The maximum atomic E-state index is 11.6. The van der Waals surface area contributed by atoms with Crippen molar-refractivity contribution in [3.05, 3.63) is 68.7 Å². The van der Waals surface area contributed by atoms with Gasteiger partial charge in [-0.2, -0.15) is 0 Å². The van der Waals surface area contributed by atoms with Crippen LogP contribution in [0, 0.1) is 10.1 Å². The van der Waals surface area contributed by atoms with Crippen LogP contribution in [0.15, 0.2) is 62.8 Å². The minimum Gasteiger partial charge on any atom is -0.466 e. The lowest BCUT2D eigenvalue weighted by atomic mass is 10.1. The maximum Gasteiger partial charge on any atom is 0.302 e. The molecular weight excluding hydrogens is 478 g/mol. The first-order valence-electron chi connectivity index (χ1n) is 10.5. The van der Waals surface area contributed by atoms with Gasteiger partial charge in [-0.25, -0.2) is 0 Å². The average molecular weight is 506 g/mol. The Bertz CT molecular complexity index is 901. The Morgan fingerprint density at radius 2 is 1.77 bits per heavy atom. The summed E-state index contributed by atoms with van der Waals surface area (Å²) < 4.78 is 5.83. The molecule has 0 aliphatic carbocycles. The van der Waals surface area contributed by atoms with Crippen molar-refractivity contribution in [2.75, 3.05) is 6.61 Å². The summed E-state index contributed by atoms with van der Waals surface area (Å²) in [6.07, 6.45) is 11.6. The van der Waals surface area contributed by atoms with Crippen LogP contribution in [0.1, 0.15) is 57.4 Å². The first-order valence-corrected chi connectivity index (χ1v) is 12.1. The number of allylic oxidation sites excluding steroid dienone is 1. The minimum absolute atomic E-state index is 0.122. The molecule has 0 unspecified atom stereocenters. The number of benzene rings is 2. The molecule has 0 spiro atoms. The van der Waals surface area contributed by atoms with Gasteiger partial charge >= 0.3 is 5.97 Å². The van der Waals surface area contributed by atoms with Crippen LogP contribution in [0.4, 0.5) is 5.69 Å². The SMILES string of the molecule is CC(=O)OCCCCCCCC/C=C/c1ccc(Sc2ccccc2Br)c([N+](=O)[O-])c1. The van der Waals surface area contributed by atoms with Crippen LogP contribution in [-0.2, 0) is 9.53 Å². The van der Waals surface area contributed by atoms with E-state index in [1.807, 2.05) is 42.5 Å². The molecule has 0 aliphatic rings. The first kappa shape index (κ1) is 25.1. The van der Waals surface area contributed by atoms with E-state index in [1.165, 1.54) is 25.1 Å². The van der Waals surface area contributed by atoms with Gasteiger partial charge in [0, 0.05) is 22.4 Å². The third kappa shape index (κ3) is 9.70. The highest BCUT2D eigenvalue weighted by atomic mass is 79.9. The number of halogens is 1. The Labute approximate surface area is 196 Å². The molecule has 0 saturated carbocycles. The first-order chi connectivity index (χ1) is 15.0. The number of rotatable bonds is 13. The molecule has 0 heterocycles. The Morgan fingerprint density at radius 3 is 2.48 bits per heavy atom. The molecule has 2 aromatic carbocycles. The summed E-state index contributed by atoms with van der Waals surface area (Å²) in [5.74, 6) is -0.213. The molecule has 0 fully saturated rings. The number of nitro benzene ring substituents is 1. The molecule has 0 aromatic heterocycles. The number of nitrogens with zero attached hydrogens (tertiary/aromatic N) is 1. The molecule has 0 bridgehead atoms. The van der Waals surface area contributed by atoms with Crippen molar-refractivity contribution in [2.24, 2.45) is 0 Å². The second-order valence-electron chi connectivity index (χ2n) is 7.17. The number of unbranched alkanes of at least 4 members (excludes halogenated alkanes) is 6. The Morgan fingerprint density at radius 1 is 1.06 bits per heavy atom. The van der Waals surface area contributed by atoms with Crippen LogP contribution < -0.4 is 0 Å². The highest BCUT2D eigenvalue weighted by molar-refractivity contribution is 9.10. The Kier molecular flexibility index (Phi) is 11.4. The number of hydrogen-bond donors (Lipinski definition) is 0. The van der Waals surface area contributed by atoms with E-state index >= 15 is 0 Å². The van der Waals surface area contributed by atoms with Crippen LogP contribution >= 0.6 is 27.7 Å². The molecule has 0 aliphatic heterocycles. The summed E-state index contributed by atoms with van der Waals surface area (Å²) in [6.45, 7) is 1.95. The van der Waals surface area contributed by atoms with E-state index in [9.17, 15) is 14.9 Å². The molecule has 0 N–H and O–H groups in total. The average Bonchev–Trinajstić information content (AvgIpc) is 2.74. The molecule has 0 saturated heterocycles. The standard InChI is InChI=1S/C24H28BrNO4S/c1-19(27)30-17-11-7-5-3-2-4-6-8-12-20-15-16-24(22(18-20)26(28)29)31-23-14-10-9-13-21(23)25/h8-10,12-16,18H,2-7,11,17H2,1H3/b12-8+. The lowest BCUT2D eigenvalue weighted by Gasteiger charge is -2.06. The van der Waals surface area contributed by atoms with Gasteiger partial charge in [-0.3, -0.25) is 14.9 Å². The van der Waals surface area contributed by atoms with E-state index in [0.717, 1.165) is 53.5 Å². The number of esters is 1. The van der Waals surface area contributed by atoms with Gasteiger partial charge in [-0.1, -0.05) is 67.8 Å². The van der Waals surface area contributed by atoms with E-state index in [0.29, 0.717) is 11.5 Å². The predicted molar refractivity (Wildman–Crippen MR) is 129 cm³/mol. The largest absolute Gasteiger partial charge is 0.466 e. The zero-order chi connectivity index (χ0) is 22.5. The summed E-state index contributed by atoms with van der Waals surface area (Å²) in [5, 5.41) is 11.6. The van der Waals surface area contributed by atoms with E-state index in [1.54, 1.807) is 6.07 Å². The second kappa shape index (κ2) is 14.0. The summed E-state index contributed by atoms with van der Waals surface area (Å²) >= 11 is 4.88. The topological polar surface area (TPSA) is 69.4 Å². The molecule has 7 heteroatoms. The molecule has 0 atom stereocenters. The minimum atomic E-state index is -0.321. The van der Waals surface area contributed by atoms with Crippen molar-refractivity contribution in [2.45, 2.75) is 61.7 Å². The summed E-state index contributed by atoms with van der Waals surface area (Å²) in [4.78, 5) is 23.5. The van der Waals surface area contributed by atoms with Gasteiger partial charge in [0.25, 0.3) is 5.69 Å². The van der Waals surface area contributed by atoms with Gasteiger partial charge in [-0.05, 0) is 59.0 Å². The third-order valence-electron chi connectivity index (χ3n) is 4.62. The number of hydrogen-bond acceptors (Lipinski definition) is 5. The highest BCUT2D eigenvalue weighted by Crippen LogP contribution is 2.38. The summed E-state index contributed by atoms with van der Waals surface area (Å²) in [6, 6.07) is 13.1. The Balaban J connectivity index is 1.77. The second-order valence-corrected chi connectivity index (χ2v) is 9.11. The number of ether oxygens (including phenoxy) is 1. The predicted octanol–water partition coefficient (Wildman–Crippen LogP) is 7.82. The van der Waals surface area contributed by atoms with Crippen molar-refractivity contribution < 1.29 is 14.5 Å². The van der Waals surface area contributed by atoms with E-state index < -0.39 is 0 Å². The Hall–Kier alpha value is -2.12. The quantitative estimate of drug-likeness (QED) is 0.120. The fourth-order valence-corrected chi connectivity index (χ4v) is 4.47. The van der Waals surface area contributed by atoms with Crippen molar-refractivity contribution in [3.63, 3.8) is 0 Å². The number of nitro groups is 1. The van der Waals surface area contributed by atoms with Gasteiger partial charge < -0.3 is 4.74 Å². The van der Waals surface area contributed by atoms with Gasteiger partial charge in [-0.15, -0.1) is 0 Å². The third-order valence-corrected chi connectivity index (χ3v) is 6.71. The molecule has 166 valence electrons. The fourth-order valence-electron chi connectivity index (χ4n) is 3.02. The summed E-state index contributed by atoms with van der Waals surface area (Å²) in [7, 11) is 0. The van der Waals surface area contributed by atoms with E-state index in [2.05, 4.69) is 22.0 Å². The van der Waals surface area contributed by atoms with Crippen molar-refractivity contribution >= 4 is 45.4 Å². The lowest BCUT2D eigenvalue weighted by Crippen LogP contribution is -1.99. The molecule has 2 rings (SSSR count). The van der Waals surface area contributed by atoms with E-state index in [4.69, 9.17) is 4.74 Å². The van der Waals surface area contributed by atoms with Crippen molar-refractivity contribution in [1.82, 2.24) is 0 Å². The number of carbonyl (C=O) groups excluding carboxylic acids is 1. The van der Waals surface area contributed by atoms with Crippen LogP contribution in [0.2, 0.25) is 0 Å². The van der Waals surface area contributed by atoms with Crippen LogP contribution in [0.5, 0.6) is 0 Å². The molecule has 0 amide bonds. The fraction of sp³-hybridized carbons (Fsp3) is 0.375. The number of carbonyl (C=O) groups is 1. The van der Waals surface area contributed by atoms with E-state index in [-0.39, 0.29) is 16.6 Å². The normalized spacial score (nSPS) is 11.0. The molecule has 2 aromatic rings. The maximum absolute atomic E-state index is 11.6. The smallest absolute Gasteiger partial charge is 0.302 e. The monoisotopic (exact) mass is 505 g/mol. The molecule has 31 heavy (non-hydrogen) atoms. The molecular formula is C24H28BrNO4S. The van der Waals surface area contributed by atoms with Crippen LogP contribution in [-0.4, -0.2) is 17.5 Å². The van der Waals surface area contributed by atoms with Crippen LogP contribution in [0.25, 0.3) is 6.08 Å². The molecule has 0 radical (unpaired) electrons. The highest BCUT2D eigenvalue weighted by Gasteiger charge is 2.16.